The summed E-state index contributed by atoms with van der Waals surface area (Å²) >= 11 is 0. The van der Waals surface area contributed by atoms with Crippen LogP contribution in [-0.2, 0) is 9.59 Å². The zero-order valence-corrected chi connectivity index (χ0v) is 19.6. The van der Waals surface area contributed by atoms with Gasteiger partial charge in [-0.15, -0.1) is 0 Å². The van der Waals surface area contributed by atoms with Crippen LogP contribution >= 0.6 is 0 Å². The van der Waals surface area contributed by atoms with E-state index >= 15 is 0 Å². The molecule has 174 valence electrons. The zero-order valence-electron chi connectivity index (χ0n) is 19.6. The molecular weight excluding hydrogens is 404 g/mol. The molecule has 0 heterocycles. The van der Waals surface area contributed by atoms with E-state index in [1.54, 1.807) is 0 Å². The van der Waals surface area contributed by atoms with Crippen LogP contribution in [0.25, 0.3) is 0 Å². The Morgan fingerprint density at radius 3 is 1.44 bits per heavy atom. The number of carbonyl (C=O) groups excluding carboxylic acids is 2. The predicted molar refractivity (Wildman–Crippen MR) is 129 cm³/mol. The average molecular weight is 441 g/mol. The van der Waals surface area contributed by atoms with Crippen molar-refractivity contribution in [2.45, 2.75) is 53.4 Å². The summed E-state index contributed by atoms with van der Waals surface area (Å²) in [5, 5.41) is 5.82. The van der Waals surface area contributed by atoms with Crippen molar-refractivity contribution in [3.05, 3.63) is 48.5 Å². The molecule has 0 aromatic heterocycles. The molecule has 0 bridgehead atoms. The monoisotopic (exact) mass is 440 g/mol. The van der Waals surface area contributed by atoms with Crippen LogP contribution in [0.4, 0.5) is 11.4 Å². The minimum atomic E-state index is -0.0848. The van der Waals surface area contributed by atoms with E-state index in [-0.39, 0.29) is 11.8 Å². The van der Waals surface area contributed by atoms with Gasteiger partial charge in [0.05, 0.1) is 24.6 Å². The van der Waals surface area contributed by atoms with Crippen molar-refractivity contribution < 1.29 is 19.1 Å². The number of para-hydroxylation sites is 4. The molecular formula is C26H36N2O4. The number of anilines is 2. The summed E-state index contributed by atoms with van der Waals surface area (Å²) in [6.07, 6.45) is 1.94. The Labute approximate surface area is 191 Å². The molecule has 0 saturated carbocycles. The van der Waals surface area contributed by atoms with Gasteiger partial charge < -0.3 is 20.1 Å². The molecule has 2 N–H and O–H groups in total. The molecule has 6 nitrogen and oxygen atoms in total. The van der Waals surface area contributed by atoms with Crippen LogP contribution in [0.2, 0.25) is 0 Å². The van der Waals surface area contributed by atoms with Gasteiger partial charge in [0.25, 0.3) is 0 Å². The van der Waals surface area contributed by atoms with Crippen LogP contribution in [-0.4, -0.2) is 25.0 Å². The quantitative estimate of drug-likeness (QED) is 0.381. The first-order valence-electron chi connectivity index (χ1n) is 11.4. The topological polar surface area (TPSA) is 76.7 Å². The largest absolute Gasteiger partial charge is 0.491 e. The van der Waals surface area contributed by atoms with Crippen molar-refractivity contribution in [1.29, 1.82) is 0 Å². The molecule has 0 saturated heterocycles. The van der Waals surface area contributed by atoms with E-state index in [1.807, 2.05) is 48.5 Å². The van der Waals surface area contributed by atoms with Crippen LogP contribution in [0.15, 0.2) is 48.5 Å². The van der Waals surface area contributed by atoms with Crippen LogP contribution < -0.4 is 20.1 Å². The van der Waals surface area contributed by atoms with Gasteiger partial charge in [0.2, 0.25) is 11.8 Å². The maximum atomic E-state index is 12.3. The van der Waals surface area contributed by atoms with Gasteiger partial charge in [-0.3, -0.25) is 9.59 Å². The Hall–Kier alpha value is -3.02. The number of amides is 2. The highest BCUT2D eigenvalue weighted by Crippen LogP contribution is 2.26. The minimum absolute atomic E-state index is 0.0848. The Kier molecular flexibility index (Phi) is 10.6. The molecule has 0 spiro atoms. The molecule has 6 heteroatoms. The second-order valence-electron chi connectivity index (χ2n) is 8.71. The van der Waals surface area contributed by atoms with Gasteiger partial charge in [0.1, 0.15) is 11.5 Å². The Balaban J connectivity index is 1.74. The normalized spacial score (nSPS) is 10.8. The summed E-state index contributed by atoms with van der Waals surface area (Å²) in [5.74, 6) is 1.98. The number of benzene rings is 2. The number of hydrogen-bond acceptors (Lipinski definition) is 4. The summed E-state index contributed by atoms with van der Waals surface area (Å²) in [6, 6.07) is 14.9. The smallest absolute Gasteiger partial charge is 0.224 e. The highest BCUT2D eigenvalue weighted by Gasteiger charge is 2.11. The van der Waals surface area contributed by atoms with E-state index in [1.165, 1.54) is 0 Å². The third-order valence-electron chi connectivity index (χ3n) is 4.52. The van der Waals surface area contributed by atoms with E-state index in [2.05, 4.69) is 38.3 Å². The molecule has 0 aliphatic heterocycles. The Bertz CT molecular complexity index is 793. The molecule has 0 aliphatic rings. The van der Waals surface area contributed by atoms with E-state index in [0.717, 1.165) is 0 Å². The lowest BCUT2D eigenvalue weighted by molar-refractivity contribution is -0.118. The van der Waals surface area contributed by atoms with E-state index < -0.39 is 0 Å². The fourth-order valence-corrected chi connectivity index (χ4v) is 2.90. The number of hydrogen-bond donors (Lipinski definition) is 2. The van der Waals surface area contributed by atoms with Crippen molar-refractivity contribution in [3.8, 4) is 11.5 Å². The van der Waals surface area contributed by atoms with Gasteiger partial charge in [0, 0.05) is 12.8 Å². The molecule has 2 aromatic carbocycles. The molecule has 0 fully saturated rings. The molecule has 32 heavy (non-hydrogen) atoms. The molecule has 2 rings (SSSR count). The predicted octanol–water partition coefficient (Wildman–Crippen LogP) is 5.89. The first kappa shape index (κ1) is 25.2. The third-order valence-corrected chi connectivity index (χ3v) is 4.52. The second-order valence-corrected chi connectivity index (χ2v) is 8.71. The lowest BCUT2D eigenvalue weighted by Gasteiger charge is -2.14. The molecule has 0 aliphatic carbocycles. The maximum absolute atomic E-state index is 12.3. The SMILES string of the molecule is CC(C)COc1ccccc1NC(=O)CCCCC(=O)Nc1ccccc1OCC(C)C. The van der Waals surface area contributed by atoms with Gasteiger partial charge in [-0.05, 0) is 48.9 Å². The van der Waals surface area contributed by atoms with Crippen molar-refractivity contribution in [1.82, 2.24) is 0 Å². The first-order valence-corrected chi connectivity index (χ1v) is 11.4. The van der Waals surface area contributed by atoms with E-state index in [0.29, 0.717) is 73.6 Å². The van der Waals surface area contributed by atoms with Crippen molar-refractivity contribution >= 4 is 23.2 Å². The molecule has 0 radical (unpaired) electrons. The van der Waals surface area contributed by atoms with Crippen molar-refractivity contribution in [2.24, 2.45) is 11.8 Å². The van der Waals surface area contributed by atoms with E-state index in [9.17, 15) is 9.59 Å². The van der Waals surface area contributed by atoms with Gasteiger partial charge >= 0.3 is 0 Å². The fourth-order valence-electron chi connectivity index (χ4n) is 2.90. The summed E-state index contributed by atoms with van der Waals surface area (Å²) in [6.45, 7) is 9.49. The third kappa shape index (κ3) is 9.41. The average Bonchev–Trinajstić information content (AvgIpc) is 2.75. The summed E-state index contributed by atoms with van der Waals surface area (Å²) in [4.78, 5) is 24.7. The van der Waals surface area contributed by atoms with Crippen LogP contribution in [0.3, 0.4) is 0 Å². The molecule has 2 aromatic rings. The lowest BCUT2D eigenvalue weighted by atomic mass is 10.1. The highest BCUT2D eigenvalue weighted by atomic mass is 16.5. The number of nitrogens with one attached hydrogen (secondary N) is 2. The summed E-state index contributed by atoms with van der Waals surface area (Å²) in [7, 11) is 0. The van der Waals surface area contributed by atoms with Gasteiger partial charge in [-0.25, -0.2) is 0 Å². The fraction of sp³-hybridized carbons (Fsp3) is 0.462. The minimum Gasteiger partial charge on any atom is -0.491 e. The standard InChI is InChI=1S/C26H36N2O4/c1-19(2)17-31-23-13-7-5-11-21(23)27-25(29)15-9-10-16-26(30)28-22-12-6-8-14-24(22)32-18-20(3)4/h5-8,11-14,19-20H,9-10,15-18H2,1-4H3,(H,27,29)(H,28,30). The number of rotatable bonds is 13. The number of ether oxygens (including phenoxy) is 2. The number of carbonyl (C=O) groups is 2. The van der Waals surface area contributed by atoms with Gasteiger partial charge in [0.15, 0.2) is 0 Å². The van der Waals surface area contributed by atoms with Gasteiger partial charge in [-0.1, -0.05) is 52.0 Å². The van der Waals surface area contributed by atoms with Crippen LogP contribution in [0, 0.1) is 11.8 Å². The zero-order chi connectivity index (χ0) is 23.3. The van der Waals surface area contributed by atoms with Gasteiger partial charge in [-0.2, -0.15) is 0 Å². The van der Waals surface area contributed by atoms with Crippen molar-refractivity contribution in [2.75, 3.05) is 23.8 Å². The molecule has 2 amide bonds. The maximum Gasteiger partial charge on any atom is 0.224 e. The van der Waals surface area contributed by atoms with Crippen LogP contribution in [0.5, 0.6) is 11.5 Å². The van der Waals surface area contributed by atoms with E-state index in [4.69, 9.17) is 9.47 Å². The second kappa shape index (κ2) is 13.4. The number of unbranched alkanes of at least 4 members (excludes halogenated alkanes) is 1. The summed E-state index contributed by atoms with van der Waals surface area (Å²) < 4.78 is 11.6. The Morgan fingerprint density at radius 1 is 0.688 bits per heavy atom. The molecule has 0 unspecified atom stereocenters. The van der Waals surface area contributed by atoms with Crippen molar-refractivity contribution in [3.63, 3.8) is 0 Å². The first-order chi connectivity index (χ1) is 15.3. The molecule has 0 atom stereocenters. The highest BCUT2D eigenvalue weighted by molar-refractivity contribution is 5.93. The van der Waals surface area contributed by atoms with Crippen LogP contribution in [0.1, 0.15) is 53.4 Å². The summed E-state index contributed by atoms with van der Waals surface area (Å²) in [5.41, 5.74) is 1.35. The Morgan fingerprint density at radius 2 is 1.06 bits per heavy atom. The lowest BCUT2D eigenvalue weighted by Crippen LogP contribution is -2.15.